The van der Waals surface area contributed by atoms with Crippen molar-refractivity contribution in [2.75, 3.05) is 7.11 Å². The monoisotopic (exact) mass is 289 g/mol. The van der Waals surface area contributed by atoms with Crippen LogP contribution in [0.2, 0.25) is 0 Å². The summed E-state index contributed by atoms with van der Waals surface area (Å²) in [5, 5.41) is -0.342. The molecule has 0 saturated heterocycles. The van der Waals surface area contributed by atoms with E-state index in [1.54, 1.807) is 6.07 Å². The van der Waals surface area contributed by atoms with Gasteiger partial charge in [-0.1, -0.05) is 0 Å². The van der Waals surface area contributed by atoms with Crippen molar-refractivity contribution >= 4 is 12.8 Å². The first-order chi connectivity index (χ1) is 5.44. The summed E-state index contributed by atoms with van der Waals surface area (Å²) in [4.78, 5) is 33.1. The Morgan fingerprint density at radius 1 is 1.08 bits per heavy atom. The van der Waals surface area contributed by atoms with E-state index in [4.69, 9.17) is 0 Å². The van der Waals surface area contributed by atoms with Crippen LogP contribution in [0.4, 0.5) is 0 Å². The Morgan fingerprint density at radius 3 is 1.92 bits per heavy atom. The molecule has 6 heteroatoms. The molecule has 1 rings (SSSR count). The van der Waals surface area contributed by atoms with Gasteiger partial charge in [0.15, 0.2) is 0 Å². The van der Waals surface area contributed by atoms with Gasteiger partial charge in [-0.15, -0.1) is 0 Å². The first-order valence-corrected chi connectivity index (χ1v) is 5.18. The summed E-state index contributed by atoms with van der Waals surface area (Å²) in [5.74, 6) is 0. The molecule has 1 radical (unpaired) electrons. The Bertz CT molecular complexity index is 269. The van der Waals surface area contributed by atoms with E-state index in [0.717, 1.165) is 7.11 Å². The molecule has 1 aromatic carbocycles. The minimum absolute atomic E-state index is 0. The zero-order valence-electron chi connectivity index (χ0n) is 6.82. The van der Waals surface area contributed by atoms with Crippen molar-refractivity contribution in [1.82, 2.24) is 0 Å². The van der Waals surface area contributed by atoms with Crippen molar-refractivity contribution in [3.8, 4) is 0 Å². The van der Waals surface area contributed by atoms with Crippen LogP contribution in [0, 0.1) is 0 Å². The molecule has 0 heterocycles. The molecular formula is C7H8O4PRu. The molecule has 4 nitrogen and oxygen atoms in total. The van der Waals surface area contributed by atoms with E-state index >= 15 is 0 Å². The van der Waals surface area contributed by atoms with Gasteiger partial charge in [0.1, 0.15) is 0 Å². The first kappa shape index (κ1) is 13.1. The van der Waals surface area contributed by atoms with Gasteiger partial charge in [0, 0.05) is 0 Å². The third kappa shape index (κ3) is 3.06. The van der Waals surface area contributed by atoms with Crippen LogP contribution in [0.5, 0.6) is 0 Å². The van der Waals surface area contributed by atoms with E-state index in [0.29, 0.717) is 0 Å². The summed E-state index contributed by atoms with van der Waals surface area (Å²) in [5.41, 5.74) is 0. The third-order valence-electron chi connectivity index (χ3n) is 1.49. The predicted molar refractivity (Wildman–Crippen MR) is 40.0 cm³/mol. The van der Waals surface area contributed by atoms with Crippen LogP contribution in [0.25, 0.3) is 0 Å². The molecule has 0 aliphatic rings. The van der Waals surface area contributed by atoms with Crippen molar-refractivity contribution in [2.24, 2.45) is 0 Å². The second-order valence-electron chi connectivity index (χ2n) is 2.33. The van der Waals surface area contributed by atoms with Gasteiger partial charge in [0.05, 0.1) is 0 Å². The molecule has 1 aromatic rings. The summed E-state index contributed by atoms with van der Waals surface area (Å²) in [6.45, 7) is 0. The van der Waals surface area contributed by atoms with Gasteiger partial charge < -0.3 is 0 Å². The maximum Gasteiger partial charge on any atom is 3.00 e. The van der Waals surface area contributed by atoms with E-state index in [-0.39, 0.29) is 24.8 Å². The minimum atomic E-state index is -5.77. The average Bonchev–Trinajstić information content (AvgIpc) is 2.06. The molecular weight excluding hydrogens is 280 g/mol. The number of benzene rings is 1. The van der Waals surface area contributed by atoms with Gasteiger partial charge in [-0.2, -0.15) is 0 Å². The largest absolute Gasteiger partial charge is 3.00 e. The van der Waals surface area contributed by atoms with Crippen molar-refractivity contribution in [1.29, 1.82) is 0 Å². The van der Waals surface area contributed by atoms with Gasteiger partial charge in [0.2, 0.25) is 0 Å². The maximum absolute atomic E-state index is 11.0. The summed E-state index contributed by atoms with van der Waals surface area (Å²) in [6.07, 6.45) is 0. The molecule has 0 N–H and O–H groups in total. The molecule has 0 aromatic heterocycles. The van der Waals surface area contributed by atoms with E-state index in [9.17, 15) is 14.7 Å². The maximum atomic E-state index is 11.0. The van der Waals surface area contributed by atoms with Crippen LogP contribution in [0.3, 0.4) is 0 Å². The predicted octanol–water partition coefficient (Wildman–Crippen LogP) is -1.75. The molecule has 0 spiro atoms. The van der Waals surface area contributed by atoms with Crippen LogP contribution >= 0.6 is 7.51 Å². The summed E-state index contributed by atoms with van der Waals surface area (Å²) < 4.78 is 3.98. The Kier molecular flexibility index (Phi) is 4.13. The smallest absolute Gasteiger partial charge is 3.00 e. The third-order valence-corrected chi connectivity index (χ3v) is 3.26. The summed E-state index contributed by atoms with van der Waals surface area (Å²) in [7, 11) is -4.91. The quantitative estimate of drug-likeness (QED) is 0.477. The van der Waals surface area contributed by atoms with Crippen LogP contribution < -0.4 is 20.0 Å². The van der Waals surface area contributed by atoms with Gasteiger partial charge in [-0.25, -0.2) is 0 Å². The SMILES string of the molecule is COP([O-])([O-])([O-])c1ccccc1.[Ru+3]. The van der Waals surface area contributed by atoms with Crippen molar-refractivity contribution in [3.05, 3.63) is 30.3 Å². The molecule has 0 unspecified atom stereocenters. The average molecular weight is 288 g/mol. The molecule has 0 bridgehead atoms. The van der Waals surface area contributed by atoms with Gasteiger partial charge in [-0.05, 0) is 0 Å². The van der Waals surface area contributed by atoms with Crippen molar-refractivity contribution < 1.29 is 38.7 Å². The van der Waals surface area contributed by atoms with Crippen LogP contribution in [-0.2, 0) is 24.0 Å². The van der Waals surface area contributed by atoms with Gasteiger partial charge >= 0.3 is 88.9 Å². The normalized spacial score (nSPS) is 14.0. The number of hydrogen-bond acceptors (Lipinski definition) is 4. The van der Waals surface area contributed by atoms with Crippen molar-refractivity contribution in [3.63, 3.8) is 0 Å². The Morgan fingerprint density at radius 2 is 1.54 bits per heavy atom. The molecule has 0 saturated carbocycles. The molecule has 0 aliphatic carbocycles. The summed E-state index contributed by atoms with van der Waals surface area (Å²) >= 11 is 0. The second kappa shape index (κ2) is 4.10. The van der Waals surface area contributed by atoms with Crippen LogP contribution in [0.1, 0.15) is 0 Å². The minimum Gasteiger partial charge on any atom is 3.00 e. The molecule has 73 valence electrons. The van der Waals surface area contributed by atoms with Gasteiger partial charge in [-0.3, -0.25) is 0 Å². The molecule has 0 fully saturated rings. The zero-order valence-corrected chi connectivity index (χ0v) is 9.45. The standard InChI is InChI=1S/C7H8O4P.Ru/c1-11-12(8,9,10)7-5-3-2-4-6-7;/h2-6H,1H3;/q-3;+3. The topological polar surface area (TPSA) is 78.4 Å². The van der Waals surface area contributed by atoms with Gasteiger partial charge in [0.25, 0.3) is 0 Å². The fraction of sp³-hybridized carbons (Fsp3) is 0.143. The Hall–Kier alpha value is 0.113. The Balaban J connectivity index is 0.00000144. The molecule has 0 atom stereocenters. The molecule has 13 heavy (non-hydrogen) atoms. The van der Waals surface area contributed by atoms with E-state index in [1.807, 2.05) is 0 Å². The molecule has 0 amide bonds. The molecule has 0 aliphatic heterocycles. The second-order valence-corrected chi connectivity index (χ2v) is 4.84. The fourth-order valence-electron chi connectivity index (χ4n) is 0.777. The van der Waals surface area contributed by atoms with E-state index in [2.05, 4.69) is 4.52 Å². The van der Waals surface area contributed by atoms with E-state index in [1.165, 1.54) is 24.3 Å². The zero-order chi connectivity index (χ0) is 9.27. The number of rotatable bonds is 2. The first-order valence-electron chi connectivity index (χ1n) is 3.27. The number of hydrogen-bond donors (Lipinski definition) is 0. The van der Waals surface area contributed by atoms with Crippen molar-refractivity contribution in [2.45, 2.75) is 0 Å². The van der Waals surface area contributed by atoms with Crippen LogP contribution in [0.15, 0.2) is 30.3 Å². The fourth-order valence-corrected chi connectivity index (χ4v) is 1.65. The van der Waals surface area contributed by atoms with E-state index < -0.39 is 7.51 Å². The Labute approximate surface area is 89.2 Å². The summed E-state index contributed by atoms with van der Waals surface area (Å²) in [6, 6.07) is 6.95. The van der Waals surface area contributed by atoms with Crippen LogP contribution in [-0.4, -0.2) is 7.11 Å².